The highest BCUT2D eigenvalue weighted by atomic mass is 16.7. The van der Waals surface area contributed by atoms with Crippen LogP contribution in [0.3, 0.4) is 0 Å². The Balaban J connectivity index is 3.39. The number of carboxylic acid groups (broad SMARTS) is 1. The molecule has 3 heteroatoms. The summed E-state index contributed by atoms with van der Waals surface area (Å²) in [6, 6.07) is 1.95. The molecule has 0 saturated carbocycles. The van der Waals surface area contributed by atoms with E-state index >= 15 is 0 Å². The van der Waals surface area contributed by atoms with Crippen LogP contribution in [0.1, 0.15) is 62.8 Å². The van der Waals surface area contributed by atoms with Crippen molar-refractivity contribution in [3.8, 4) is 5.75 Å². The van der Waals surface area contributed by atoms with Gasteiger partial charge in [0.1, 0.15) is 5.75 Å². The molecular weight excluding hydrogens is 252 g/mol. The van der Waals surface area contributed by atoms with Crippen LogP contribution >= 0.6 is 0 Å². The van der Waals surface area contributed by atoms with E-state index in [1.54, 1.807) is 0 Å². The van der Waals surface area contributed by atoms with Gasteiger partial charge in [-0.2, -0.15) is 0 Å². The van der Waals surface area contributed by atoms with Gasteiger partial charge in [-0.1, -0.05) is 34.1 Å². The quantitative estimate of drug-likeness (QED) is 0.577. The van der Waals surface area contributed by atoms with Crippen molar-refractivity contribution >= 4 is 6.16 Å². The van der Waals surface area contributed by atoms with E-state index in [0.717, 1.165) is 44.1 Å². The first-order valence-electron chi connectivity index (χ1n) is 7.66. The third-order valence-electron chi connectivity index (χ3n) is 3.78. The number of unbranched alkanes of at least 4 members (excludes halogenated alkanes) is 1. The van der Waals surface area contributed by atoms with E-state index in [2.05, 4.69) is 20.8 Å². The van der Waals surface area contributed by atoms with Gasteiger partial charge in [0.05, 0.1) is 0 Å². The highest BCUT2D eigenvalue weighted by Gasteiger charge is 2.17. The van der Waals surface area contributed by atoms with Crippen molar-refractivity contribution < 1.29 is 14.6 Å². The number of hydrogen-bond acceptors (Lipinski definition) is 2. The average Bonchev–Trinajstić information content (AvgIpc) is 2.43. The zero-order valence-electron chi connectivity index (χ0n) is 13.1. The van der Waals surface area contributed by atoms with Crippen molar-refractivity contribution in [2.45, 2.75) is 66.2 Å². The van der Waals surface area contributed by atoms with Crippen LogP contribution in [0.2, 0.25) is 0 Å². The molecule has 3 nitrogen and oxygen atoms in total. The molecule has 1 aromatic carbocycles. The Kier molecular flexibility index (Phi) is 6.56. The summed E-state index contributed by atoms with van der Waals surface area (Å²) < 4.78 is 5.02. The molecule has 0 aliphatic rings. The smallest absolute Gasteiger partial charge is 0.449 e. The first-order valence-corrected chi connectivity index (χ1v) is 7.66. The lowest BCUT2D eigenvalue weighted by Gasteiger charge is -2.19. The normalized spacial score (nSPS) is 10.6. The van der Waals surface area contributed by atoms with Crippen LogP contribution in [-0.4, -0.2) is 11.3 Å². The average molecular weight is 278 g/mol. The maximum Gasteiger partial charge on any atom is 0.511 e. The van der Waals surface area contributed by atoms with Crippen LogP contribution in [-0.2, 0) is 25.7 Å². The predicted molar refractivity (Wildman–Crippen MR) is 81.8 cm³/mol. The minimum Gasteiger partial charge on any atom is -0.449 e. The molecule has 20 heavy (non-hydrogen) atoms. The Labute approximate surface area is 122 Å². The van der Waals surface area contributed by atoms with Crippen LogP contribution in [0.25, 0.3) is 0 Å². The summed E-state index contributed by atoms with van der Waals surface area (Å²) >= 11 is 0. The van der Waals surface area contributed by atoms with Gasteiger partial charge in [-0.25, -0.2) is 4.79 Å². The van der Waals surface area contributed by atoms with E-state index in [0.29, 0.717) is 5.75 Å². The third-order valence-corrected chi connectivity index (χ3v) is 3.78. The predicted octanol–water partition coefficient (Wildman–Crippen LogP) is 4.77. The lowest BCUT2D eigenvalue weighted by atomic mass is 9.88. The van der Waals surface area contributed by atoms with Crippen molar-refractivity contribution in [3.63, 3.8) is 0 Å². The van der Waals surface area contributed by atoms with Gasteiger partial charge in [0.2, 0.25) is 0 Å². The zero-order valence-corrected chi connectivity index (χ0v) is 13.1. The van der Waals surface area contributed by atoms with E-state index in [1.165, 1.54) is 16.7 Å². The first kappa shape index (κ1) is 16.5. The maximum atomic E-state index is 10.9. The van der Waals surface area contributed by atoms with E-state index in [1.807, 2.05) is 13.0 Å². The van der Waals surface area contributed by atoms with Gasteiger partial charge in [-0.05, 0) is 60.4 Å². The second-order valence-corrected chi connectivity index (χ2v) is 5.00. The minimum absolute atomic E-state index is 0.528. The van der Waals surface area contributed by atoms with E-state index in [4.69, 9.17) is 9.84 Å². The summed E-state index contributed by atoms with van der Waals surface area (Å²) in [4.78, 5) is 10.9. The fourth-order valence-electron chi connectivity index (χ4n) is 2.89. The fraction of sp³-hybridized carbons (Fsp3) is 0.588. The Morgan fingerprint density at radius 1 is 1.05 bits per heavy atom. The molecule has 0 aliphatic carbocycles. The molecule has 0 atom stereocenters. The van der Waals surface area contributed by atoms with Crippen LogP contribution in [0, 0.1) is 0 Å². The second-order valence-electron chi connectivity index (χ2n) is 5.00. The van der Waals surface area contributed by atoms with Crippen molar-refractivity contribution in [3.05, 3.63) is 28.3 Å². The third kappa shape index (κ3) is 3.75. The molecule has 0 radical (unpaired) electrons. The number of ether oxygens (including phenoxy) is 1. The van der Waals surface area contributed by atoms with Gasteiger partial charge >= 0.3 is 6.16 Å². The molecule has 0 spiro atoms. The summed E-state index contributed by atoms with van der Waals surface area (Å²) in [5.41, 5.74) is 4.96. The minimum atomic E-state index is -1.23. The standard InChI is InChI=1S/C17H26O3/c1-5-9-10-12-11-16(20-17(18)19)15(8-4)14(7-3)13(12)6-2/h11H,5-10H2,1-4H3,(H,18,19). The Hall–Kier alpha value is -1.51. The van der Waals surface area contributed by atoms with Crippen molar-refractivity contribution in [1.82, 2.24) is 0 Å². The summed E-state index contributed by atoms with van der Waals surface area (Å²) in [6.07, 6.45) is 4.72. The van der Waals surface area contributed by atoms with Gasteiger partial charge in [0, 0.05) is 0 Å². The van der Waals surface area contributed by atoms with Gasteiger partial charge in [-0.3, -0.25) is 0 Å². The molecule has 1 rings (SSSR count). The molecule has 0 saturated heterocycles. The summed E-state index contributed by atoms with van der Waals surface area (Å²) in [7, 11) is 0. The maximum absolute atomic E-state index is 10.9. The van der Waals surface area contributed by atoms with E-state index in [9.17, 15) is 4.79 Å². The number of carbonyl (C=O) groups is 1. The highest BCUT2D eigenvalue weighted by Crippen LogP contribution is 2.31. The van der Waals surface area contributed by atoms with Crippen molar-refractivity contribution in [2.75, 3.05) is 0 Å². The monoisotopic (exact) mass is 278 g/mol. The van der Waals surface area contributed by atoms with Gasteiger partial charge in [-0.15, -0.1) is 0 Å². The van der Waals surface area contributed by atoms with Crippen molar-refractivity contribution in [2.24, 2.45) is 0 Å². The second kappa shape index (κ2) is 7.93. The Bertz CT molecular complexity index is 464. The lowest BCUT2D eigenvalue weighted by molar-refractivity contribution is 0.144. The van der Waals surface area contributed by atoms with E-state index in [-0.39, 0.29) is 0 Å². The van der Waals surface area contributed by atoms with Gasteiger partial charge in [0.25, 0.3) is 0 Å². The van der Waals surface area contributed by atoms with Gasteiger partial charge < -0.3 is 9.84 Å². The molecule has 0 bridgehead atoms. The largest absolute Gasteiger partial charge is 0.511 e. The Morgan fingerprint density at radius 2 is 1.65 bits per heavy atom. The topological polar surface area (TPSA) is 46.5 Å². The summed E-state index contributed by atoms with van der Waals surface area (Å²) in [5, 5.41) is 8.92. The molecule has 1 aromatic rings. The van der Waals surface area contributed by atoms with E-state index < -0.39 is 6.16 Å². The zero-order chi connectivity index (χ0) is 15.1. The summed E-state index contributed by atoms with van der Waals surface area (Å²) in [5.74, 6) is 0.528. The molecule has 1 N–H and O–H groups in total. The summed E-state index contributed by atoms with van der Waals surface area (Å²) in [6.45, 7) is 8.51. The molecule has 0 aliphatic heterocycles. The van der Waals surface area contributed by atoms with Crippen LogP contribution in [0.15, 0.2) is 6.07 Å². The van der Waals surface area contributed by atoms with Crippen molar-refractivity contribution in [1.29, 1.82) is 0 Å². The number of hydrogen-bond donors (Lipinski definition) is 1. The molecule has 0 amide bonds. The molecular formula is C17H26O3. The Morgan fingerprint density at radius 3 is 2.10 bits per heavy atom. The number of aryl methyl sites for hydroxylation is 1. The molecule has 0 heterocycles. The lowest BCUT2D eigenvalue weighted by Crippen LogP contribution is -2.10. The highest BCUT2D eigenvalue weighted by molar-refractivity contribution is 5.63. The first-order chi connectivity index (χ1) is 9.58. The number of rotatable bonds is 7. The fourth-order valence-corrected chi connectivity index (χ4v) is 2.89. The molecule has 0 aromatic heterocycles. The SMILES string of the molecule is CCCCc1cc(OC(=O)O)c(CC)c(CC)c1CC. The molecule has 0 unspecified atom stereocenters. The van der Waals surface area contributed by atoms with Crippen LogP contribution in [0.4, 0.5) is 4.79 Å². The van der Waals surface area contributed by atoms with Crippen LogP contribution < -0.4 is 4.74 Å². The molecule has 112 valence electrons. The van der Waals surface area contributed by atoms with Crippen LogP contribution in [0.5, 0.6) is 5.75 Å². The number of benzene rings is 1. The van der Waals surface area contributed by atoms with Gasteiger partial charge in [0.15, 0.2) is 0 Å². The molecule has 0 fully saturated rings.